The van der Waals surface area contributed by atoms with Gasteiger partial charge in [-0.25, -0.2) is 0 Å². The third-order valence-electron chi connectivity index (χ3n) is 36.1. The van der Waals surface area contributed by atoms with Crippen LogP contribution in [0.2, 0.25) is 0 Å². The van der Waals surface area contributed by atoms with Crippen molar-refractivity contribution in [2.24, 2.45) is 105 Å². The van der Waals surface area contributed by atoms with Crippen LogP contribution in [-0.4, -0.2) is 90.3 Å². The molecule has 20 atom stereocenters. The number of ketones is 1. The number of esters is 4. The number of benzene rings is 2. The maximum absolute atomic E-state index is 12.7. The van der Waals surface area contributed by atoms with Gasteiger partial charge in [-0.15, -0.1) is 12.6 Å². The number of thioether (sulfide) groups is 2. The number of phenolic OH excluding ortho intramolecular Hbond substituents is 2. The fourth-order valence-corrected chi connectivity index (χ4v) is 29.7. The number of nitrogens with two attached hydrogens (primary N) is 3. The molecule has 2 unspecified atom stereocenters. The summed E-state index contributed by atoms with van der Waals surface area (Å²) in [5.74, 6) is -1.69. The zero-order chi connectivity index (χ0) is 94.9. The molecule has 13 aliphatic carbocycles. The number of thiol groups is 1. The third-order valence-corrected chi connectivity index (χ3v) is 38.1. The van der Waals surface area contributed by atoms with Gasteiger partial charge in [0, 0.05) is 99.2 Å². The molecule has 0 aliphatic heterocycles. The number of carbonyl (C=O) groups is 11. The molecule has 2 aromatic carbocycles. The molecule has 0 bridgehead atoms. The van der Waals surface area contributed by atoms with E-state index in [1.165, 1.54) is 74.9 Å². The summed E-state index contributed by atoms with van der Waals surface area (Å²) in [7, 11) is 1.00. The lowest BCUT2D eigenvalue weighted by Crippen LogP contribution is -2.63. The quantitative estimate of drug-likeness (QED) is 0.0319. The number of fused-ring (bicyclic) bond motifs is 21. The fourth-order valence-electron chi connectivity index (χ4n) is 27.7. The number of hydrogen-bond donors (Lipinski definition) is 8. The van der Waals surface area contributed by atoms with Crippen molar-refractivity contribution in [3.8, 4) is 23.0 Å². The summed E-state index contributed by atoms with van der Waals surface area (Å²) in [6.45, 7) is 50.1. The lowest BCUT2D eigenvalue weighted by molar-refractivity contribution is -0.167. The summed E-state index contributed by atoms with van der Waals surface area (Å²) in [5, 5.41) is 38.0. The number of aliphatic hydroxyl groups is 2. The minimum Gasteiger partial charge on any atom is -0.504 e. The van der Waals surface area contributed by atoms with Gasteiger partial charge >= 0.3 is 23.9 Å². The van der Waals surface area contributed by atoms with Crippen molar-refractivity contribution in [1.82, 2.24) is 0 Å². The molecule has 9 fully saturated rings. The Hall–Kier alpha value is -7.54. The molecule has 0 radical (unpaired) electrons. The number of ether oxygens (including phenoxy) is 3. The topological polar surface area (TPSA) is 374 Å². The second-order valence-corrected chi connectivity index (χ2v) is 46.7. The summed E-state index contributed by atoms with van der Waals surface area (Å²) >= 11 is 5.89. The minimum absolute atomic E-state index is 0. The highest BCUT2D eigenvalue weighted by Crippen LogP contribution is 2.80. The van der Waals surface area contributed by atoms with Gasteiger partial charge in [0.2, 0.25) is 23.5 Å². The molecule has 0 saturated heterocycles. The minimum atomic E-state index is -0.562. The van der Waals surface area contributed by atoms with Gasteiger partial charge in [0.1, 0.15) is 0 Å². The first kappa shape index (κ1) is 103. The van der Waals surface area contributed by atoms with E-state index >= 15 is 0 Å². The van der Waals surface area contributed by atoms with Crippen LogP contribution in [0.5, 0.6) is 23.0 Å². The number of carbonyl (C=O) groups excluding carboxylic acids is 11. The molecule has 21 nitrogen and oxygen atoms in total. The molecule has 15 rings (SSSR count). The Balaban J connectivity index is 0.000000201. The monoisotopic (exact) mass is 1810 g/mol. The highest BCUT2D eigenvalue weighted by atomic mass is 32.2. The zero-order valence-corrected chi connectivity index (χ0v) is 82.3. The highest BCUT2D eigenvalue weighted by molar-refractivity contribution is 8.14. The van der Waals surface area contributed by atoms with E-state index in [9.17, 15) is 68.1 Å². The number of amides is 3. The van der Waals surface area contributed by atoms with E-state index in [-0.39, 0.29) is 151 Å². The van der Waals surface area contributed by atoms with E-state index in [0.717, 1.165) is 175 Å². The van der Waals surface area contributed by atoms with Crippen molar-refractivity contribution in [3.63, 3.8) is 0 Å². The van der Waals surface area contributed by atoms with Crippen LogP contribution >= 0.6 is 36.2 Å². The van der Waals surface area contributed by atoms with Crippen molar-refractivity contribution in [1.29, 1.82) is 0 Å². The van der Waals surface area contributed by atoms with Crippen molar-refractivity contribution in [2.45, 2.75) is 337 Å². The van der Waals surface area contributed by atoms with Crippen LogP contribution in [0.4, 0.5) is 0 Å². The number of phenols is 2. The molecule has 3 amide bonds. The second kappa shape index (κ2) is 35.5. The van der Waals surface area contributed by atoms with E-state index < -0.39 is 40.1 Å². The Morgan fingerprint density at radius 3 is 1.12 bits per heavy atom. The van der Waals surface area contributed by atoms with Crippen LogP contribution in [-0.2, 0) is 68.3 Å². The van der Waals surface area contributed by atoms with Gasteiger partial charge in [0.05, 0.1) is 10.5 Å². The molecule has 700 valence electrons. The Bertz CT molecular complexity index is 5090. The molecule has 2 aromatic rings. The maximum atomic E-state index is 12.7. The number of hydrogen-bond acceptors (Lipinski definition) is 20. The summed E-state index contributed by atoms with van der Waals surface area (Å²) in [6, 6.07) is 3.63. The first-order chi connectivity index (χ1) is 57.9. The predicted octanol–water partition coefficient (Wildman–Crippen LogP) is 21.0. The average Bonchev–Trinajstić information content (AvgIpc) is 0.681. The van der Waals surface area contributed by atoms with E-state index in [2.05, 4.69) is 139 Å². The van der Waals surface area contributed by atoms with Gasteiger partial charge in [-0.2, -0.15) is 0 Å². The molecule has 13 aliphatic rings. The SMILES string of the molecule is C.CC(=O)OC(C)=O.CC(=O)Oc1cc2c(c(C)c1OC(C)=O)C(SC(C)=O)C=C1[C@@]2(C)CC[C@@]2(C)[C@@H]3C[C@](C)(C(N)=O)CC[C@]3(C)CC[C@]12C.CC(=O)S.CC(=O)SC1C=C2[C@@](C)(CC[C@@]3(C)[C@@H]4C[C@](C)(C(N)=O)CC[C@]4(C)CC[C@]23C)c2cc(O)c(O)c(C)c21.CC1=C(O)C(=O)C=C2C1=CC=C1[C@@]2(C)CC[C@@]2(C)[C@@H]3C[C@](C)(C(N)=O)CC[C@]3(C)CC[C@]12C.CO. The number of primary amides is 3. The predicted molar refractivity (Wildman–Crippen MR) is 503 cm³/mol. The lowest BCUT2D eigenvalue weighted by Gasteiger charge is -2.70. The van der Waals surface area contributed by atoms with Crippen molar-refractivity contribution < 1.29 is 87.4 Å². The van der Waals surface area contributed by atoms with Crippen LogP contribution in [0.1, 0.15) is 345 Å². The molecule has 9 saturated carbocycles. The highest BCUT2D eigenvalue weighted by Gasteiger charge is 2.72. The molecule has 24 heteroatoms. The summed E-state index contributed by atoms with van der Waals surface area (Å²) in [4.78, 5) is 129. The lowest BCUT2D eigenvalue weighted by atomic mass is 9.34. The van der Waals surface area contributed by atoms with Crippen LogP contribution in [0.15, 0.2) is 81.7 Å². The molecule has 0 spiro atoms. The second-order valence-electron chi connectivity index (χ2n) is 43.4. The third kappa shape index (κ3) is 17.1. The Kier molecular flexibility index (Phi) is 28.9. The van der Waals surface area contributed by atoms with Gasteiger partial charge in [0.15, 0.2) is 44.1 Å². The summed E-state index contributed by atoms with van der Waals surface area (Å²) < 4.78 is 15.3. The van der Waals surface area contributed by atoms with Crippen molar-refractivity contribution in [2.75, 3.05) is 7.11 Å². The molecule has 127 heavy (non-hydrogen) atoms. The van der Waals surface area contributed by atoms with Crippen molar-refractivity contribution >= 4 is 98.9 Å². The normalized spacial score (nSPS) is 38.1. The van der Waals surface area contributed by atoms with Gasteiger partial charge in [-0.05, 0) is 279 Å². The standard InChI is InChI=1S/C35H47NO6S.C31H43NO4S.C29H39NO3.C4H6O3.C2H4OS.CH4O.CH4/c1-19-28-23(16-24(41-20(2)37)29(19)42-21(3)38)33(7)13-15-35(9)27-18-32(6,30(36)40)11-10-31(27,5)12-14-34(35,8)26(33)17-25(28)43-22(4)39;1-17-24-19(14-20(34)25(17)35)29(5)11-13-31(7)23-16-28(4,26(32)36)9-8-27(23,3)10-12-30(31,6)22(29)15-21(24)37-18(2)33;1-17-18-7-8-21-27(4,19(18)15-20(31)23(17)32)12-14-29(6)22-16-26(3,24(30)33)10-9-25(22,2)11-13-28(21,29)5;1-3(5)7-4(2)6;1-2(3)4;1-2;/h16-17,25,27H,10-15,18H2,1-9H3,(H2,36,40);14-15,21,23,34-35H,8-13,16H2,1-7H3,(H2,32,36);7-8,15,22,32H,9-14,16H2,1-6H3,(H2,30,33);1-2H3;1H3,(H,3,4);2H,1H3;1H4/t25?,27-,31-,32-,33+,34-,35+;21?,23-,27-,28-,29+,30-,31+;22-,25-,26-,27+,28-,29+;;;;/m111..../s1. The average molecular weight is 1810 g/mol. The maximum Gasteiger partial charge on any atom is 0.310 e. The number of allylic oxidation sites excluding steroid dienone is 9. The molecule has 0 heterocycles. The largest absolute Gasteiger partial charge is 0.504 e. The first-order valence-electron chi connectivity index (χ1n) is 45.2. The number of rotatable bonds is 7. The van der Waals surface area contributed by atoms with Crippen LogP contribution < -0.4 is 26.7 Å². The van der Waals surface area contributed by atoms with Crippen LogP contribution in [0.25, 0.3) is 0 Å². The van der Waals surface area contributed by atoms with E-state index in [4.69, 9.17) is 31.8 Å². The molecule has 0 aromatic heterocycles. The Labute approximate surface area is 768 Å². The van der Waals surface area contributed by atoms with E-state index in [0.29, 0.717) is 34.5 Å². The van der Waals surface area contributed by atoms with Crippen molar-refractivity contribution in [3.05, 3.63) is 115 Å². The summed E-state index contributed by atoms with van der Waals surface area (Å²) in [5.41, 5.74) is 27.9. The molecule has 10 N–H and O–H groups in total. The van der Waals surface area contributed by atoms with Gasteiger partial charge in [-0.3, -0.25) is 52.7 Å². The Morgan fingerprint density at radius 2 is 0.780 bits per heavy atom. The van der Waals surface area contributed by atoms with E-state index in [1.807, 2.05) is 33.8 Å². The Morgan fingerprint density at radius 1 is 0.441 bits per heavy atom. The summed E-state index contributed by atoms with van der Waals surface area (Å²) in [6.07, 6.45) is 31.2. The van der Waals surface area contributed by atoms with E-state index in [1.54, 1.807) is 26.0 Å². The smallest absolute Gasteiger partial charge is 0.310 e. The van der Waals surface area contributed by atoms with Gasteiger partial charge < -0.3 is 51.8 Å². The zero-order valence-electron chi connectivity index (χ0n) is 79.8. The van der Waals surface area contributed by atoms with Crippen LogP contribution in [0, 0.1) is 102 Å². The number of aliphatic hydroxyl groups excluding tert-OH is 2. The fraction of sp³-hybridized carbons (Fsp3) is 0.660. The molecular weight excluding hydrogens is 1660 g/mol. The van der Waals surface area contributed by atoms with Gasteiger partial charge in [0.25, 0.3) is 0 Å². The molecular formula is C103H147N3O18S3. The van der Waals surface area contributed by atoms with Gasteiger partial charge in [-0.1, -0.05) is 176 Å². The first-order valence-corrected chi connectivity index (χ1v) is 47.4. The number of aromatic hydroxyl groups is 2. The van der Waals surface area contributed by atoms with Crippen LogP contribution in [0.3, 0.4) is 0 Å².